The van der Waals surface area contributed by atoms with Crippen molar-refractivity contribution in [2.24, 2.45) is 0 Å². The van der Waals surface area contributed by atoms with Crippen molar-refractivity contribution >= 4 is 23.1 Å². The van der Waals surface area contributed by atoms with Crippen LogP contribution in [0.15, 0.2) is 29.9 Å². The van der Waals surface area contributed by atoms with E-state index in [4.69, 9.17) is 16.5 Å². The predicted octanol–water partition coefficient (Wildman–Crippen LogP) is 3.17. The lowest BCUT2D eigenvalue weighted by Gasteiger charge is -2.24. The summed E-state index contributed by atoms with van der Waals surface area (Å²) < 4.78 is 5.80. The number of hydrogen-bond donors (Lipinski definition) is 1. The molecule has 1 unspecified atom stereocenters. The van der Waals surface area contributed by atoms with Crippen molar-refractivity contribution in [1.29, 1.82) is 0 Å². The van der Waals surface area contributed by atoms with Crippen LogP contribution < -0.4 is 4.84 Å². The zero-order chi connectivity index (χ0) is 12.4. The molecule has 18 heavy (non-hydrogen) atoms. The number of aromatic nitrogens is 1. The number of thiophene rings is 1. The summed E-state index contributed by atoms with van der Waals surface area (Å²) in [5.41, 5.74) is 3.63. The second-order valence-electron chi connectivity index (χ2n) is 4.18. The van der Waals surface area contributed by atoms with Crippen LogP contribution in [0.5, 0.6) is 0 Å². The first-order valence-electron chi connectivity index (χ1n) is 5.86. The normalized spacial score (nSPS) is 18.6. The van der Waals surface area contributed by atoms with Gasteiger partial charge in [0.05, 0.1) is 12.7 Å². The summed E-state index contributed by atoms with van der Waals surface area (Å²) in [5, 5.41) is 2.19. The smallest absolute Gasteiger partial charge is 0.0979 e. The lowest BCUT2D eigenvalue weighted by molar-refractivity contribution is 0.0479. The number of hydrogen-bond acceptors (Lipinski definition) is 4. The zero-order valence-corrected chi connectivity index (χ0v) is 11.3. The van der Waals surface area contributed by atoms with Crippen LogP contribution in [0.1, 0.15) is 16.5 Å². The molecule has 3 rings (SSSR count). The van der Waals surface area contributed by atoms with E-state index in [1.54, 1.807) is 17.5 Å². The van der Waals surface area contributed by atoms with Crippen LogP contribution >= 0.6 is 23.1 Å². The van der Waals surface area contributed by atoms with Gasteiger partial charge in [0.2, 0.25) is 0 Å². The van der Waals surface area contributed by atoms with Gasteiger partial charge in [-0.2, -0.15) is 0 Å². The highest BCUT2D eigenvalue weighted by Crippen LogP contribution is 2.39. The summed E-state index contributed by atoms with van der Waals surface area (Å²) >= 11 is 7.43. The van der Waals surface area contributed by atoms with Gasteiger partial charge in [-0.1, -0.05) is 6.07 Å². The number of rotatable bonds is 3. The van der Waals surface area contributed by atoms with E-state index in [0.29, 0.717) is 6.54 Å². The molecule has 0 saturated heterocycles. The second kappa shape index (κ2) is 5.36. The van der Waals surface area contributed by atoms with Crippen molar-refractivity contribution in [3.8, 4) is 11.1 Å². The monoisotopic (exact) mass is 280 g/mol. The molecule has 2 aromatic heterocycles. The molecule has 5 heteroatoms. The molecule has 0 aromatic carbocycles. The van der Waals surface area contributed by atoms with E-state index in [0.717, 1.165) is 18.6 Å². The molecule has 3 nitrogen and oxygen atoms in total. The van der Waals surface area contributed by atoms with E-state index in [1.807, 2.05) is 12.3 Å². The summed E-state index contributed by atoms with van der Waals surface area (Å²) in [7, 11) is 0. The number of halogens is 1. The van der Waals surface area contributed by atoms with Gasteiger partial charge in [0.25, 0.3) is 0 Å². The third-order valence-electron chi connectivity index (χ3n) is 3.11. The van der Waals surface area contributed by atoms with Crippen LogP contribution in [-0.2, 0) is 11.2 Å². The number of fused-ring (bicyclic) bond motifs is 1. The highest BCUT2D eigenvalue weighted by atomic mass is 35.5. The molecule has 94 valence electrons. The Kier molecular flexibility index (Phi) is 3.61. The molecule has 1 aliphatic rings. The topological polar surface area (TPSA) is 34.1 Å². The predicted molar refractivity (Wildman–Crippen MR) is 73.8 cm³/mol. The second-order valence-corrected chi connectivity index (χ2v) is 5.41. The third kappa shape index (κ3) is 2.17. The summed E-state index contributed by atoms with van der Waals surface area (Å²) in [6.07, 6.45) is 4.70. The Balaban J connectivity index is 2.05. The lowest BCUT2D eigenvalue weighted by Crippen LogP contribution is -2.22. The molecule has 0 aliphatic carbocycles. The number of ether oxygens (including phenoxy) is 1. The quantitative estimate of drug-likeness (QED) is 0.877. The molecule has 0 bridgehead atoms. The van der Waals surface area contributed by atoms with Gasteiger partial charge < -0.3 is 4.74 Å². The van der Waals surface area contributed by atoms with E-state index in [9.17, 15) is 0 Å². The van der Waals surface area contributed by atoms with E-state index >= 15 is 0 Å². The van der Waals surface area contributed by atoms with Crippen molar-refractivity contribution in [2.45, 2.75) is 12.5 Å². The Morgan fingerprint density at radius 3 is 3.28 bits per heavy atom. The van der Waals surface area contributed by atoms with Gasteiger partial charge >= 0.3 is 0 Å². The van der Waals surface area contributed by atoms with Crippen LogP contribution in [0.4, 0.5) is 0 Å². The van der Waals surface area contributed by atoms with E-state index in [2.05, 4.69) is 21.3 Å². The Morgan fingerprint density at radius 2 is 2.50 bits per heavy atom. The minimum absolute atomic E-state index is 0.0349. The van der Waals surface area contributed by atoms with Gasteiger partial charge in [-0.15, -0.1) is 11.3 Å². The highest BCUT2D eigenvalue weighted by Gasteiger charge is 2.26. The van der Waals surface area contributed by atoms with Gasteiger partial charge in [-0.25, -0.2) is 4.84 Å². The molecule has 0 spiro atoms. The van der Waals surface area contributed by atoms with Crippen LogP contribution in [0, 0.1) is 0 Å². The third-order valence-corrected chi connectivity index (χ3v) is 4.33. The molecular formula is C13H13ClN2OS. The molecule has 2 aromatic rings. The average molecular weight is 281 g/mol. The van der Waals surface area contributed by atoms with Crippen molar-refractivity contribution in [1.82, 2.24) is 9.82 Å². The van der Waals surface area contributed by atoms with Crippen molar-refractivity contribution in [3.05, 3.63) is 40.3 Å². The Hall–Kier alpha value is -0.940. The molecule has 0 saturated carbocycles. The Labute approximate surface area is 115 Å². The summed E-state index contributed by atoms with van der Waals surface area (Å²) in [5.74, 6) is 0. The Morgan fingerprint density at radius 1 is 1.56 bits per heavy atom. The van der Waals surface area contributed by atoms with Crippen molar-refractivity contribution < 1.29 is 4.74 Å². The molecule has 0 amide bonds. The summed E-state index contributed by atoms with van der Waals surface area (Å²) in [6, 6.07) is 4.03. The van der Waals surface area contributed by atoms with E-state index in [-0.39, 0.29) is 6.10 Å². The maximum absolute atomic E-state index is 5.80. The minimum atomic E-state index is 0.0349. The number of pyridine rings is 1. The first-order chi connectivity index (χ1) is 8.90. The number of nitrogens with zero attached hydrogens (tertiary/aromatic N) is 1. The van der Waals surface area contributed by atoms with Crippen LogP contribution in [0.3, 0.4) is 0 Å². The summed E-state index contributed by atoms with van der Waals surface area (Å²) in [4.78, 5) is 8.27. The fourth-order valence-corrected chi connectivity index (χ4v) is 3.54. The first-order valence-corrected chi connectivity index (χ1v) is 7.11. The van der Waals surface area contributed by atoms with Gasteiger partial charge in [-0.3, -0.25) is 4.98 Å². The molecule has 0 fully saturated rings. The molecule has 0 radical (unpaired) electrons. The number of nitrogens with one attached hydrogen (secondary N) is 1. The Bertz CT molecular complexity index is 529. The molecule has 1 atom stereocenters. The molecular weight excluding hydrogens is 268 g/mol. The van der Waals surface area contributed by atoms with Crippen LogP contribution in [0.25, 0.3) is 11.1 Å². The van der Waals surface area contributed by atoms with Crippen molar-refractivity contribution in [3.63, 3.8) is 0 Å². The van der Waals surface area contributed by atoms with Gasteiger partial charge in [0.1, 0.15) is 0 Å². The maximum atomic E-state index is 5.80. The first kappa shape index (κ1) is 12.1. The zero-order valence-electron chi connectivity index (χ0n) is 9.73. The largest absolute Gasteiger partial charge is 0.372 e. The van der Waals surface area contributed by atoms with E-state index < -0.39 is 0 Å². The van der Waals surface area contributed by atoms with E-state index in [1.165, 1.54) is 16.0 Å². The van der Waals surface area contributed by atoms with Gasteiger partial charge in [0, 0.05) is 46.9 Å². The van der Waals surface area contributed by atoms with Crippen molar-refractivity contribution in [2.75, 3.05) is 13.2 Å². The van der Waals surface area contributed by atoms with Crippen LogP contribution in [-0.4, -0.2) is 18.1 Å². The SMILES string of the molecule is ClNCC1OCCc2scc(-c3cccnc3)c21. The fourth-order valence-electron chi connectivity index (χ4n) is 2.31. The average Bonchev–Trinajstić information content (AvgIpc) is 2.85. The van der Waals surface area contributed by atoms with Gasteiger partial charge in [-0.05, 0) is 23.2 Å². The maximum Gasteiger partial charge on any atom is 0.0979 e. The van der Waals surface area contributed by atoms with Crippen LogP contribution in [0.2, 0.25) is 0 Å². The molecule has 3 heterocycles. The minimum Gasteiger partial charge on any atom is -0.372 e. The van der Waals surface area contributed by atoms with Gasteiger partial charge in [0.15, 0.2) is 0 Å². The molecule has 1 aliphatic heterocycles. The molecule has 1 N–H and O–H groups in total. The highest BCUT2D eigenvalue weighted by molar-refractivity contribution is 7.10. The summed E-state index contributed by atoms with van der Waals surface area (Å²) in [6.45, 7) is 1.39. The lowest BCUT2D eigenvalue weighted by atomic mass is 9.97. The fraction of sp³-hybridized carbons (Fsp3) is 0.308. The standard InChI is InChI=1S/C13H13ClN2OS/c14-16-7-11-13-10(9-2-1-4-15-6-9)8-18-12(13)3-5-17-11/h1-2,4,6,8,11,16H,3,5,7H2.